The van der Waals surface area contributed by atoms with Crippen molar-refractivity contribution < 1.29 is 14.4 Å². The molecular formula is C15H22N2O3. The number of imide groups is 1. The van der Waals surface area contributed by atoms with E-state index in [4.69, 9.17) is 0 Å². The largest absolute Gasteiger partial charge is 0.337 e. The third kappa shape index (κ3) is 2.72. The summed E-state index contributed by atoms with van der Waals surface area (Å²) < 4.78 is 0. The van der Waals surface area contributed by atoms with Gasteiger partial charge < -0.3 is 4.90 Å². The van der Waals surface area contributed by atoms with Crippen LogP contribution in [-0.2, 0) is 14.4 Å². The van der Waals surface area contributed by atoms with Gasteiger partial charge in [0.1, 0.15) is 0 Å². The van der Waals surface area contributed by atoms with Gasteiger partial charge in [0.05, 0.1) is 0 Å². The molecule has 3 amide bonds. The van der Waals surface area contributed by atoms with Gasteiger partial charge in [-0.1, -0.05) is 0 Å². The topological polar surface area (TPSA) is 57.7 Å². The quantitative estimate of drug-likeness (QED) is 0.688. The van der Waals surface area contributed by atoms with Crippen LogP contribution in [-0.4, -0.2) is 46.1 Å². The number of carbonyl (C=O) groups is 3. The summed E-state index contributed by atoms with van der Waals surface area (Å²) in [6.45, 7) is 2.40. The summed E-state index contributed by atoms with van der Waals surface area (Å²) in [6, 6.07) is 0.725. The fourth-order valence-corrected chi connectivity index (χ4v) is 3.13. The molecule has 3 fully saturated rings. The highest BCUT2D eigenvalue weighted by Gasteiger charge is 2.41. The fourth-order valence-electron chi connectivity index (χ4n) is 3.13. The molecule has 5 heteroatoms. The maximum Gasteiger partial charge on any atom is 0.229 e. The highest BCUT2D eigenvalue weighted by Crippen LogP contribution is 2.40. The first-order valence-electron chi connectivity index (χ1n) is 7.72. The van der Waals surface area contributed by atoms with Crippen molar-refractivity contribution in [3.63, 3.8) is 0 Å². The van der Waals surface area contributed by atoms with E-state index in [1.807, 2.05) is 4.90 Å². The highest BCUT2D eigenvalue weighted by molar-refractivity contribution is 6.02. The zero-order chi connectivity index (χ0) is 14.3. The number of carbonyl (C=O) groups excluding carboxylic acids is 3. The number of nitrogens with zero attached hydrogens (tertiary/aromatic N) is 2. The van der Waals surface area contributed by atoms with E-state index in [2.05, 4.69) is 6.92 Å². The molecular weight excluding hydrogens is 256 g/mol. The van der Waals surface area contributed by atoms with Crippen LogP contribution in [0.1, 0.15) is 51.9 Å². The molecule has 20 heavy (non-hydrogen) atoms. The molecule has 0 spiro atoms. The molecule has 110 valence electrons. The van der Waals surface area contributed by atoms with Gasteiger partial charge in [-0.3, -0.25) is 19.3 Å². The molecule has 1 heterocycles. The van der Waals surface area contributed by atoms with E-state index in [0.29, 0.717) is 30.8 Å². The van der Waals surface area contributed by atoms with E-state index in [-0.39, 0.29) is 30.7 Å². The lowest BCUT2D eigenvalue weighted by Crippen LogP contribution is -2.43. The van der Waals surface area contributed by atoms with Crippen LogP contribution < -0.4 is 0 Å². The molecule has 2 aliphatic carbocycles. The van der Waals surface area contributed by atoms with Crippen LogP contribution in [0.15, 0.2) is 0 Å². The normalized spacial score (nSPS) is 24.1. The van der Waals surface area contributed by atoms with Crippen LogP contribution in [0.4, 0.5) is 0 Å². The Labute approximate surface area is 119 Å². The molecule has 2 saturated carbocycles. The minimum atomic E-state index is -0.129. The van der Waals surface area contributed by atoms with Crippen LogP contribution >= 0.6 is 0 Å². The van der Waals surface area contributed by atoms with E-state index < -0.39 is 0 Å². The van der Waals surface area contributed by atoms with Crippen LogP contribution in [0.5, 0.6) is 0 Å². The van der Waals surface area contributed by atoms with Crippen LogP contribution in [0, 0.1) is 5.92 Å². The zero-order valence-electron chi connectivity index (χ0n) is 12.0. The Morgan fingerprint density at radius 3 is 2.30 bits per heavy atom. The lowest BCUT2D eigenvalue weighted by Gasteiger charge is -2.30. The number of hydrogen-bond acceptors (Lipinski definition) is 3. The average molecular weight is 278 g/mol. The molecule has 0 bridgehead atoms. The first kappa shape index (κ1) is 13.6. The molecule has 1 aliphatic heterocycles. The van der Waals surface area contributed by atoms with Crippen molar-refractivity contribution in [1.82, 2.24) is 9.80 Å². The van der Waals surface area contributed by atoms with Gasteiger partial charge in [-0.2, -0.15) is 0 Å². The molecule has 0 aromatic rings. The second-order valence-electron chi connectivity index (χ2n) is 6.30. The summed E-state index contributed by atoms with van der Waals surface area (Å²) in [4.78, 5) is 38.8. The molecule has 3 rings (SSSR count). The third-order valence-electron chi connectivity index (χ3n) is 4.68. The van der Waals surface area contributed by atoms with E-state index in [1.54, 1.807) is 0 Å². The van der Waals surface area contributed by atoms with Crippen molar-refractivity contribution in [3.8, 4) is 0 Å². The number of hydrogen-bond donors (Lipinski definition) is 0. The molecule has 0 aromatic carbocycles. The average Bonchev–Trinajstić information content (AvgIpc) is 3.28. The van der Waals surface area contributed by atoms with Gasteiger partial charge in [0.25, 0.3) is 0 Å². The lowest BCUT2D eigenvalue weighted by molar-refractivity contribution is -0.140. The predicted octanol–water partition coefficient (Wildman–Crippen LogP) is 1.31. The molecule has 5 nitrogen and oxygen atoms in total. The highest BCUT2D eigenvalue weighted by atomic mass is 16.2. The molecule has 3 aliphatic rings. The summed E-state index contributed by atoms with van der Waals surface area (Å²) >= 11 is 0. The molecule has 1 atom stereocenters. The smallest absolute Gasteiger partial charge is 0.229 e. The predicted molar refractivity (Wildman–Crippen MR) is 72.6 cm³/mol. The Morgan fingerprint density at radius 2 is 1.80 bits per heavy atom. The molecule has 0 N–H and O–H groups in total. The first-order chi connectivity index (χ1) is 9.58. The van der Waals surface area contributed by atoms with E-state index in [9.17, 15) is 14.4 Å². The van der Waals surface area contributed by atoms with Gasteiger partial charge >= 0.3 is 0 Å². The lowest BCUT2D eigenvalue weighted by atomic mass is 10.1. The van der Waals surface area contributed by atoms with E-state index in [1.165, 1.54) is 17.7 Å². The van der Waals surface area contributed by atoms with Crippen molar-refractivity contribution in [1.29, 1.82) is 0 Å². The molecule has 1 saturated heterocycles. The Bertz CT molecular complexity index is 424. The van der Waals surface area contributed by atoms with E-state index >= 15 is 0 Å². The van der Waals surface area contributed by atoms with Crippen molar-refractivity contribution >= 4 is 17.7 Å². The van der Waals surface area contributed by atoms with Crippen molar-refractivity contribution in [3.05, 3.63) is 0 Å². The van der Waals surface area contributed by atoms with Gasteiger partial charge in [0, 0.05) is 37.9 Å². The van der Waals surface area contributed by atoms with Crippen molar-refractivity contribution in [2.45, 2.75) is 64.0 Å². The van der Waals surface area contributed by atoms with E-state index in [0.717, 1.165) is 12.8 Å². The standard InChI is InChI=1S/C15H22N2O3/c1-10(11-2-3-11)17(12-4-5-12)15(20)8-9-16-13(18)6-7-14(16)19/h10-12H,2-9H2,1H3. The third-order valence-corrected chi connectivity index (χ3v) is 4.68. The monoisotopic (exact) mass is 278 g/mol. The van der Waals surface area contributed by atoms with Gasteiger partial charge in [-0.25, -0.2) is 0 Å². The maximum atomic E-state index is 12.4. The number of likely N-dealkylation sites (tertiary alicyclic amines) is 1. The Morgan fingerprint density at radius 1 is 1.20 bits per heavy atom. The summed E-state index contributed by atoms with van der Waals surface area (Å²) in [5.41, 5.74) is 0. The molecule has 1 unspecified atom stereocenters. The Hall–Kier alpha value is -1.39. The van der Waals surface area contributed by atoms with Crippen LogP contribution in [0.3, 0.4) is 0 Å². The van der Waals surface area contributed by atoms with Crippen LogP contribution in [0.2, 0.25) is 0 Å². The maximum absolute atomic E-state index is 12.4. The Balaban J connectivity index is 1.56. The summed E-state index contributed by atoms with van der Waals surface area (Å²) in [5.74, 6) is 0.515. The minimum Gasteiger partial charge on any atom is -0.337 e. The number of rotatable bonds is 6. The Kier molecular flexibility index (Phi) is 3.52. The summed E-state index contributed by atoms with van der Waals surface area (Å²) in [6.07, 6.45) is 5.54. The molecule has 0 aromatic heterocycles. The first-order valence-corrected chi connectivity index (χ1v) is 7.72. The fraction of sp³-hybridized carbons (Fsp3) is 0.800. The second kappa shape index (κ2) is 5.19. The second-order valence-corrected chi connectivity index (χ2v) is 6.30. The van der Waals surface area contributed by atoms with Gasteiger partial charge in [0.15, 0.2) is 0 Å². The van der Waals surface area contributed by atoms with Gasteiger partial charge in [-0.15, -0.1) is 0 Å². The van der Waals surface area contributed by atoms with Crippen molar-refractivity contribution in [2.24, 2.45) is 5.92 Å². The zero-order valence-corrected chi connectivity index (χ0v) is 12.0. The minimum absolute atomic E-state index is 0.111. The van der Waals surface area contributed by atoms with Gasteiger partial charge in [-0.05, 0) is 38.5 Å². The SMILES string of the molecule is CC(C1CC1)N(C(=O)CCN1C(=O)CCC1=O)C1CC1. The van der Waals surface area contributed by atoms with Gasteiger partial charge in [0.2, 0.25) is 17.7 Å². The summed E-state index contributed by atoms with van der Waals surface area (Å²) in [7, 11) is 0. The summed E-state index contributed by atoms with van der Waals surface area (Å²) in [5, 5.41) is 0. The number of amides is 3. The van der Waals surface area contributed by atoms with Crippen molar-refractivity contribution in [2.75, 3.05) is 6.54 Å². The van der Waals surface area contributed by atoms with Crippen LogP contribution in [0.25, 0.3) is 0 Å². The molecule has 0 radical (unpaired) electrons.